The Balaban J connectivity index is 1.91. The van der Waals surface area contributed by atoms with E-state index in [9.17, 15) is 0 Å². The zero-order valence-electron chi connectivity index (χ0n) is 7.66. The van der Waals surface area contributed by atoms with Gasteiger partial charge in [0.05, 0.1) is 0 Å². The summed E-state index contributed by atoms with van der Waals surface area (Å²) >= 11 is 1.62. The molecule has 2 rings (SSSR count). The molecule has 1 unspecified atom stereocenters. The quantitative estimate of drug-likeness (QED) is 0.757. The SMILES string of the molecule is CC(N)Cc1nnc(NC2CC2)s1. The first-order valence-electron chi connectivity index (χ1n) is 4.58. The second-order valence-corrected chi connectivity index (χ2v) is 4.66. The maximum absolute atomic E-state index is 5.67. The van der Waals surface area contributed by atoms with Crippen molar-refractivity contribution in [3.63, 3.8) is 0 Å². The summed E-state index contributed by atoms with van der Waals surface area (Å²) in [4.78, 5) is 0. The Morgan fingerprint density at radius 1 is 1.62 bits per heavy atom. The van der Waals surface area contributed by atoms with Gasteiger partial charge in [-0.1, -0.05) is 11.3 Å². The van der Waals surface area contributed by atoms with Gasteiger partial charge in [0.2, 0.25) is 5.13 Å². The third-order valence-corrected chi connectivity index (χ3v) is 2.75. The summed E-state index contributed by atoms with van der Waals surface area (Å²) in [6.07, 6.45) is 3.36. The van der Waals surface area contributed by atoms with Crippen molar-refractivity contribution in [1.29, 1.82) is 0 Å². The highest BCUT2D eigenvalue weighted by Crippen LogP contribution is 2.26. The molecule has 1 heterocycles. The van der Waals surface area contributed by atoms with Crippen LogP contribution in [0.3, 0.4) is 0 Å². The van der Waals surface area contributed by atoms with Gasteiger partial charge in [0.25, 0.3) is 0 Å². The first-order chi connectivity index (χ1) is 6.24. The number of anilines is 1. The molecule has 3 N–H and O–H groups in total. The Morgan fingerprint density at radius 2 is 2.38 bits per heavy atom. The molecule has 1 saturated carbocycles. The van der Waals surface area contributed by atoms with Crippen LogP contribution < -0.4 is 11.1 Å². The van der Waals surface area contributed by atoms with Crippen molar-refractivity contribution in [1.82, 2.24) is 10.2 Å². The van der Waals surface area contributed by atoms with Crippen molar-refractivity contribution >= 4 is 16.5 Å². The molecule has 1 aromatic heterocycles. The lowest BCUT2D eigenvalue weighted by molar-refractivity contribution is 0.726. The summed E-state index contributed by atoms with van der Waals surface area (Å²) in [5, 5.41) is 13.4. The highest BCUT2D eigenvalue weighted by Gasteiger charge is 2.22. The van der Waals surface area contributed by atoms with Crippen molar-refractivity contribution in [3.05, 3.63) is 5.01 Å². The maximum Gasteiger partial charge on any atom is 0.205 e. The molecular weight excluding hydrogens is 184 g/mol. The molecule has 72 valence electrons. The van der Waals surface area contributed by atoms with E-state index in [1.54, 1.807) is 11.3 Å². The predicted molar refractivity (Wildman–Crippen MR) is 53.9 cm³/mol. The monoisotopic (exact) mass is 198 g/mol. The van der Waals surface area contributed by atoms with Crippen LogP contribution in [-0.2, 0) is 6.42 Å². The number of nitrogens with one attached hydrogen (secondary N) is 1. The van der Waals surface area contributed by atoms with Crippen LogP contribution in [0.5, 0.6) is 0 Å². The number of nitrogens with zero attached hydrogens (tertiary/aromatic N) is 2. The molecule has 1 fully saturated rings. The summed E-state index contributed by atoms with van der Waals surface area (Å²) in [5.74, 6) is 0. The molecule has 0 radical (unpaired) electrons. The Bertz CT molecular complexity index is 261. The molecule has 0 saturated heterocycles. The topological polar surface area (TPSA) is 63.8 Å². The fourth-order valence-electron chi connectivity index (χ4n) is 1.07. The fraction of sp³-hybridized carbons (Fsp3) is 0.750. The van der Waals surface area contributed by atoms with Crippen molar-refractivity contribution in [2.24, 2.45) is 5.73 Å². The third-order valence-electron chi connectivity index (χ3n) is 1.87. The van der Waals surface area contributed by atoms with E-state index in [0.29, 0.717) is 6.04 Å². The number of rotatable bonds is 4. The Labute approximate surface area is 81.6 Å². The molecule has 1 aromatic rings. The molecule has 1 aliphatic carbocycles. The van der Waals surface area contributed by atoms with Crippen LogP contribution in [0.2, 0.25) is 0 Å². The van der Waals surface area contributed by atoms with Crippen LogP contribution in [0.1, 0.15) is 24.8 Å². The summed E-state index contributed by atoms with van der Waals surface area (Å²) in [6, 6.07) is 0.817. The van der Waals surface area contributed by atoms with E-state index in [1.807, 2.05) is 6.92 Å². The van der Waals surface area contributed by atoms with Gasteiger partial charge < -0.3 is 11.1 Å². The molecule has 13 heavy (non-hydrogen) atoms. The molecule has 1 aliphatic rings. The van der Waals surface area contributed by atoms with Gasteiger partial charge in [-0.2, -0.15) is 0 Å². The van der Waals surface area contributed by atoms with E-state index < -0.39 is 0 Å². The van der Waals surface area contributed by atoms with Crippen molar-refractivity contribution < 1.29 is 0 Å². The van der Waals surface area contributed by atoms with E-state index in [4.69, 9.17) is 5.73 Å². The van der Waals surface area contributed by atoms with Gasteiger partial charge in [-0.25, -0.2) is 0 Å². The summed E-state index contributed by atoms with van der Waals surface area (Å²) < 4.78 is 0. The van der Waals surface area contributed by atoms with Crippen molar-refractivity contribution in [3.8, 4) is 0 Å². The first kappa shape index (κ1) is 8.90. The predicted octanol–water partition coefficient (Wildman–Crippen LogP) is 1.00. The van der Waals surface area contributed by atoms with Crippen LogP contribution in [0.4, 0.5) is 5.13 Å². The summed E-state index contributed by atoms with van der Waals surface area (Å²) in [6.45, 7) is 1.98. The molecule has 0 amide bonds. The minimum atomic E-state index is 0.168. The molecule has 0 bridgehead atoms. The minimum Gasteiger partial charge on any atom is -0.357 e. The number of nitrogens with two attached hydrogens (primary N) is 1. The van der Waals surface area contributed by atoms with E-state index in [1.165, 1.54) is 12.8 Å². The zero-order chi connectivity index (χ0) is 9.26. The smallest absolute Gasteiger partial charge is 0.205 e. The lowest BCUT2D eigenvalue weighted by atomic mass is 10.3. The number of hydrogen-bond donors (Lipinski definition) is 2. The van der Waals surface area contributed by atoms with Gasteiger partial charge in [-0.3, -0.25) is 0 Å². The van der Waals surface area contributed by atoms with Crippen molar-refractivity contribution in [2.75, 3.05) is 5.32 Å². The molecular formula is C8H14N4S. The van der Waals surface area contributed by atoms with Crippen LogP contribution in [0.15, 0.2) is 0 Å². The van der Waals surface area contributed by atoms with E-state index in [2.05, 4.69) is 15.5 Å². The second kappa shape index (κ2) is 3.59. The fourth-order valence-corrected chi connectivity index (χ4v) is 2.03. The van der Waals surface area contributed by atoms with Gasteiger partial charge in [0, 0.05) is 18.5 Å². The summed E-state index contributed by atoms with van der Waals surface area (Å²) in [5.41, 5.74) is 5.67. The Kier molecular flexibility index (Phi) is 2.46. The number of hydrogen-bond acceptors (Lipinski definition) is 5. The lowest BCUT2D eigenvalue weighted by Gasteiger charge is -1.98. The van der Waals surface area contributed by atoms with Gasteiger partial charge in [0.1, 0.15) is 5.01 Å². The van der Waals surface area contributed by atoms with E-state index in [0.717, 1.165) is 16.6 Å². The highest BCUT2D eigenvalue weighted by molar-refractivity contribution is 7.15. The van der Waals surface area contributed by atoms with E-state index >= 15 is 0 Å². The van der Waals surface area contributed by atoms with Crippen LogP contribution in [0.25, 0.3) is 0 Å². The van der Waals surface area contributed by atoms with E-state index in [-0.39, 0.29) is 6.04 Å². The molecule has 0 spiro atoms. The molecule has 1 atom stereocenters. The van der Waals surface area contributed by atoms with Gasteiger partial charge in [-0.15, -0.1) is 10.2 Å². The highest BCUT2D eigenvalue weighted by atomic mass is 32.1. The third kappa shape index (κ3) is 2.63. The zero-order valence-corrected chi connectivity index (χ0v) is 8.47. The van der Waals surface area contributed by atoms with Crippen LogP contribution in [-0.4, -0.2) is 22.3 Å². The first-order valence-corrected chi connectivity index (χ1v) is 5.40. The lowest BCUT2D eigenvalue weighted by Crippen LogP contribution is -2.17. The normalized spacial score (nSPS) is 18.6. The Morgan fingerprint density at radius 3 is 3.00 bits per heavy atom. The minimum absolute atomic E-state index is 0.168. The molecule has 4 nitrogen and oxygen atoms in total. The second-order valence-electron chi connectivity index (χ2n) is 3.60. The summed E-state index contributed by atoms with van der Waals surface area (Å²) in [7, 11) is 0. The number of aromatic nitrogens is 2. The average molecular weight is 198 g/mol. The Hall–Kier alpha value is -0.680. The average Bonchev–Trinajstić information content (AvgIpc) is 2.73. The maximum atomic E-state index is 5.67. The largest absolute Gasteiger partial charge is 0.357 e. The molecule has 5 heteroatoms. The molecule has 0 aromatic carbocycles. The van der Waals surface area contributed by atoms with Crippen molar-refractivity contribution in [2.45, 2.75) is 38.3 Å². The van der Waals surface area contributed by atoms with Crippen LogP contribution >= 0.6 is 11.3 Å². The van der Waals surface area contributed by atoms with Gasteiger partial charge in [0.15, 0.2) is 0 Å². The van der Waals surface area contributed by atoms with Crippen LogP contribution in [0, 0.1) is 0 Å². The van der Waals surface area contributed by atoms with Gasteiger partial charge in [-0.05, 0) is 19.8 Å². The van der Waals surface area contributed by atoms with Gasteiger partial charge >= 0.3 is 0 Å². The standard InChI is InChI=1S/C8H14N4S/c1-5(9)4-7-11-12-8(13-7)10-6-2-3-6/h5-6H,2-4,9H2,1H3,(H,10,12). The molecule has 0 aliphatic heterocycles.